The monoisotopic (exact) mass is 162 g/mol. The molecule has 0 unspecified atom stereocenters. The van der Waals surface area contributed by atoms with E-state index in [1.54, 1.807) is 0 Å². The molecule has 0 radical (unpaired) electrons. The summed E-state index contributed by atoms with van der Waals surface area (Å²) in [5, 5.41) is 18.3. The summed E-state index contributed by atoms with van der Waals surface area (Å²) < 4.78 is 9.82. The number of rotatable bonds is 2. The van der Waals surface area contributed by atoms with E-state index < -0.39 is 12.4 Å². The Morgan fingerprint density at radius 1 is 1.45 bits per heavy atom. The molecule has 0 saturated carbocycles. The summed E-state index contributed by atoms with van der Waals surface area (Å²) in [6, 6.07) is 0. The molecule has 1 rings (SSSR count). The molecule has 1 aliphatic rings. The highest BCUT2D eigenvalue weighted by Gasteiger charge is 2.28. The Kier molecular flexibility index (Phi) is 3.26. The van der Waals surface area contributed by atoms with Crippen molar-refractivity contribution in [2.45, 2.75) is 31.3 Å². The molecule has 0 amide bonds. The van der Waals surface area contributed by atoms with Gasteiger partial charge in [0.05, 0.1) is 12.7 Å². The zero-order chi connectivity index (χ0) is 8.27. The molecule has 0 bridgehead atoms. The average molecular weight is 162 g/mol. The fourth-order valence-electron chi connectivity index (χ4n) is 1.17. The zero-order valence-electron chi connectivity index (χ0n) is 6.56. The average Bonchev–Trinajstić information content (AvgIpc) is 1.98. The van der Waals surface area contributed by atoms with Gasteiger partial charge in [-0.15, -0.1) is 0 Å². The predicted molar refractivity (Wildman–Crippen MR) is 38.0 cm³/mol. The lowest BCUT2D eigenvalue weighted by molar-refractivity contribution is -0.210. The Labute approximate surface area is 65.7 Å². The van der Waals surface area contributed by atoms with E-state index in [0.29, 0.717) is 19.4 Å². The Morgan fingerprint density at radius 2 is 2.18 bits per heavy atom. The number of aliphatic hydroxyl groups is 2. The fraction of sp³-hybridized carbons (Fsp3) is 1.00. The minimum atomic E-state index is -0.737. The smallest absolute Gasteiger partial charge is 0.155 e. The van der Waals surface area contributed by atoms with E-state index in [0.717, 1.165) is 0 Å². The summed E-state index contributed by atoms with van der Waals surface area (Å²) in [5.74, 6) is 0. The third-order valence-corrected chi connectivity index (χ3v) is 1.80. The van der Waals surface area contributed by atoms with E-state index in [-0.39, 0.29) is 6.10 Å². The van der Waals surface area contributed by atoms with E-state index in [1.165, 1.54) is 7.11 Å². The van der Waals surface area contributed by atoms with Gasteiger partial charge in [-0.1, -0.05) is 0 Å². The SMILES string of the molecule is COC[C@H]1O[C@@H](O)CC[C@H]1O. The number of hydrogen-bond acceptors (Lipinski definition) is 4. The molecule has 4 heteroatoms. The maximum atomic E-state index is 9.30. The van der Waals surface area contributed by atoms with Gasteiger partial charge in [0.2, 0.25) is 0 Å². The van der Waals surface area contributed by atoms with Crippen LogP contribution in [0.25, 0.3) is 0 Å². The van der Waals surface area contributed by atoms with Crippen LogP contribution in [0, 0.1) is 0 Å². The lowest BCUT2D eigenvalue weighted by atomic mass is 10.1. The summed E-state index contributed by atoms with van der Waals surface area (Å²) in [7, 11) is 1.54. The van der Waals surface area contributed by atoms with Crippen molar-refractivity contribution in [3.05, 3.63) is 0 Å². The minimum Gasteiger partial charge on any atom is -0.390 e. The van der Waals surface area contributed by atoms with E-state index >= 15 is 0 Å². The van der Waals surface area contributed by atoms with Crippen molar-refractivity contribution in [1.82, 2.24) is 0 Å². The Morgan fingerprint density at radius 3 is 2.82 bits per heavy atom. The van der Waals surface area contributed by atoms with Crippen molar-refractivity contribution in [3.63, 3.8) is 0 Å². The maximum absolute atomic E-state index is 9.30. The first-order chi connectivity index (χ1) is 5.24. The van der Waals surface area contributed by atoms with Crippen molar-refractivity contribution in [1.29, 1.82) is 0 Å². The molecular weight excluding hydrogens is 148 g/mol. The summed E-state index contributed by atoms with van der Waals surface area (Å²) in [6.45, 7) is 0.332. The normalized spacial score (nSPS) is 39.0. The van der Waals surface area contributed by atoms with Crippen LogP contribution < -0.4 is 0 Å². The molecule has 3 atom stereocenters. The molecule has 0 aromatic carbocycles. The van der Waals surface area contributed by atoms with Crippen LogP contribution >= 0.6 is 0 Å². The van der Waals surface area contributed by atoms with Gasteiger partial charge in [0.1, 0.15) is 6.10 Å². The van der Waals surface area contributed by atoms with Crippen molar-refractivity contribution >= 4 is 0 Å². The molecule has 2 N–H and O–H groups in total. The standard InChI is InChI=1S/C7H14O4/c1-10-4-6-5(8)2-3-7(9)11-6/h5-9H,2-4H2,1H3/t5-,6-,7-/m1/s1. The molecule has 0 spiro atoms. The molecule has 1 fully saturated rings. The molecule has 0 aromatic heterocycles. The molecular formula is C7H14O4. The summed E-state index contributed by atoms with van der Waals surface area (Å²) >= 11 is 0. The lowest BCUT2D eigenvalue weighted by Crippen LogP contribution is -2.41. The highest BCUT2D eigenvalue weighted by molar-refractivity contribution is 4.74. The first-order valence-corrected chi connectivity index (χ1v) is 3.74. The highest BCUT2D eigenvalue weighted by atomic mass is 16.6. The second kappa shape index (κ2) is 4.01. The van der Waals surface area contributed by atoms with Gasteiger partial charge < -0.3 is 19.7 Å². The quantitative estimate of drug-likeness (QED) is 0.574. The summed E-state index contributed by atoms with van der Waals surface area (Å²) in [6.07, 6.45) is -0.531. The third kappa shape index (κ3) is 2.41. The maximum Gasteiger partial charge on any atom is 0.155 e. The van der Waals surface area contributed by atoms with Crippen molar-refractivity contribution < 1.29 is 19.7 Å². The van der Waals surface area contributed by atoms with Gasteiger partial charge in [0.15, 0.2) is 6.29 Å². The molecule has 66 valence electrons. The van der Waals surface area contributed by atoms with Gasteiger partial charge in [-0.3, -0.25) is 0 Å². The first-order valence-electron chi connectivity index (χ1n) is 3.74. The molecule has 1 heterocycles. The number of methoxy groups -OCH3 is 1. The van der Waals surface area contributed by atoms with E-state index in [1.807, 2.05) is 0 Å². The molecule has 0 aliphatic carbocycles. The Hall–Kier alpha value is -0.160. The van der Waals surface area contributed by atoms with Gasteiger partial charge in [0.25, 0.3) is 0 Å². The van der Waals surface area contributed by atoms with Gasteiger partial charge >= 0.3 is 0 Å². The number of aliphatic hydroxyl groups excluding tert-OH is 2. The second-order valence-corrected chi connectivity index (χ2v) is 2.73. The fourth-order valence-corrected chi connectivity index (χ4v) is 1.17. The van der Waals surface area contributed by atoms with Crippen LogP contribution in [0.5, 0.6) is 0 Å². The van der Waals surface area contributed by atoms with Crippen LogP contribution in [0.15, 0.2) is 0 Å². The molecule has 4 nitrogen and oxygen atoms in total. The third-order valence-electron chi connectivity index (χ3n) is 1.80. The largest absolute Gasteiger partial charge is 0.390 e. The molecule has 0 aromatic rings. The molecule has 11 heavy (non-hydrogen) atoms. The minimum absolute atomic E-state index is 0.332. The number of hydrogen-bond donors (Lipinski definition) is 2. The molecule has 1 saturated heterocycles. The van der Waals surface area contributed by atoms with Gasteiger partial charge in [0, 0.05) is 13.5 Å². The Bertz CT molecular complexity index is 117. The summed E-state index contributed by atoms with van der Waals surface area (Å²) in [5.41, 5.74) is 0. The van der Waals surface area contributed by atoms with Crippen molar-refractivity contribution in [2.24, 2.45) is 0 Å². The van der Waals surface area contributed by atoms with Crippen LogP contribution in [0.3, 0.4) is 0 Å². The molecule has 1 aliphatic heterocycles. The van der Waals surface area contributed by atoms with Gasteiger partial charge in [-0.2, -0.15) is 0 Å². The van der Waals surface area contributed by atoms with Crippen molar-refractivity contribution in [3.8, 4) is 0 Å². The first kappa shape index (κ1) is 8.93. The van der Waals surface area contributed by atoms with Crippen LogP contribution in [0.1, 0.15) is 12.8 Å². The van der Waals surface area contributed by atoms with E-state index in [9.17, 15) is 5.11 Å². The van der Waals surface area contributed by atoms with Crippen molar-refractivity contribution in [2.75, 3.05) is 13.7 Å². The van der Waals surface area contributed by atoms with Crippen LogP contribution in [-0.4, -0.2) is 42.4 Å². The lowest BCUT2D eigenvalue weighted by Gasteiger charge is -2.30. The van der Waals surface area contributed by atoms with Crippen LogP contribution in [0.2, 0.25) is 0 Å². The van der Waals surface area contributed by atoms with Gasteiger partial charge in [-0.25, -0.2) is 0 Å². The highest BCUT2D eigenvalue weighted by Crippen LogP contribution is 2.17. The van der Waals surface area contributed by atoms with Gasteiger partial charge in [-0.05, 0) is 6.42 Å². The number of ether oxygens (including phenoxy) is 2. The summed E-state index contributed by atoms with van der Waals surface area (Å²) in [4.78, 5) is 0. The van der Waals surface area contributed by atoms with Crippen LogP contribution in [-0.2, 0) is 9.47 Å². The van der Waals surface area contributed by atoms with E-state index in [4.69, 9.17) is 14.6 Å². The predicted octanol–water partition coefficient (Wildman–Crippen LogP) is -0.509. The topological polar surface area (TPSA) is 58.9 Å². The zero-order valence-corrected chi connectivity index (χ0v) is 6.56. The second-order valence-electron chi connectivity index (χ2n) is 2.73. The van der Waals surface area contributed by atoms with Crippen LogP contribution in [0.4, 0.5) is 0 Å². The Balaban J connectivity index is 2.34. The van der Waals surface area contributed by atoms with E-state index in [2.05, 4.69) is 0 Å².